The molecule has 0 atom stereocenters. The van der Waals surface area contributed by atoms with Gasteiger partial charge >= 0.3 is 0 Å². The van der Waals surface area contributed by atoms with E-state index < -0.39 is 0 Å². The van der Waals surface area contributed by atoms with Gasteiger partial charge in [0.1, 0.15) is 12.0 Å². The second-order valence-corrected chi connectivity index (χ2v) is 7.77. The van der Waals surface area contributed by atoms with Crippen LogP contribution in [0.3, 0.4) is 0 Å². The van der Waals surface area contributed by atoms with E-state index in [-0.39, 0.29) is 5.41 Å². The molecular formula is C24H31NO3. The van der Waals surface area contributed by atoms with Gasteiger partial charge in [0.2, 0.25) is 0 Å². The molecule has 1 fully saturated rings. The molecule has 0 bridgehead atoms. The minimum atomic E-state index is -0.145. The molecule has 1 aliphatic heterocycles. The highest BCUT2D eigenvalue weighted by atomic mass is 16.5. The van der Waals surface area contributed by atoms with E-state index in [1.54, 1.807) is 0 Å². The number of carbonyl (C=O) groups excluding carboxylic acids is 1. The highest BCUT2D eigenvalue weighted by molar-refractivity contribution is 5.49. The van der Waals surface area contributed by atoms with E-state index in [4.69, 9.17) is 4.74 Å². The van der Waals surface area contributed by atoms with Crippen molar-refractivity contribution in [3.05, 3.63) is 65.2 Å². The van der Waals surface area contributed by atoms with Gasteiger partial charge in [-0.15, -0.1) is 0 Å². The van der Waals surface area contributed by atoms with Crippen LogP contribution >= 0.6 is 0 Å². The molecule has 0 unspecified atom stereocenters. The quantitative estimate of drug-likeness (QED) is 0.528. The normalized spacial score (nSPS) is 16.8. The molecule has 28 heavy (non-hydrogen) atoms. The van der Waals surface area contributed by atoms with E-state index in [2.05, 4.69) is 42.3 Å². The van der Waals surface area contributed by atoms with Gasteiger partial charge in [-0.05, 0) is 63.0 Å². The number of aromatic hydroxyl groups is 1. The molecule has 2 aromatic carbocycles. The smallest absolute Gasteiger partial charge is 0.122 e. The number of piperidine rings is 1. The summed E-state index contributed by atoms with van der Waals surface area (Å²) in [6, 6.07) is 16.7. The number of hydrogen-bond acceptors (Lipinski definition) is 4. The first-order chi connectivity index (χ1) is 13.7. The summed E-state index contributed by atoms with van der Waals surface area (Å²) < 4.78 is 5.48. The third-order valence-corrected chi connectivity index (χ3v) is 5.88. The molecule has 1 N–H and O–H groups in total. The van der Waals surface area contributed by atoms with E-state index in [1.165, 1.54) is 11.1 Å². The van der Waals surface area contributed by atoms with E-state index in [0.29, 0.717) is 25.4 Å². The van der Waals surface area contributed by atoms with Crippen molar-refractivity contribution in [2.45, 2.75) is 37.5 Å². The van der Waals surface area contributed by atoms with Gasteiger partial charge in [-0.25, -0.2) is 0 Å². The molecule has 2 aromatic rings. The van der Waals surface area contributed by atoms with Gasteiger partial charge in [0.25, 0.3) is 0 Å². The zero-order chi connectivity index (χ0) is 19.8. The second-order valence-electron chi connectivity index (χ2n) is 7.77. The average molecular weight is 382 g/mol. The lowest BCUT2D eigenvalue weighted by molar-refractivity contribution is -0.108. The Morgan fingerprint density at radius 3 is 2.57 bits per heavy atom. The molecule has 0 spiro atoms. The summed E-state index contributed by atoms with van der Waals surface area (Å²) in [7, 11) is 2.16. The van der Waals surface area contributed by atoms with Crippen LogP contribution in [0.4, 0.5) is 0 Å². The highest BCUT2D eigenvalue weighted by Crippen LogP contribution is 2.45. The van der Waals surface area contributed by atoms with Crippen molar-refractivity contribution in [3.8, 4) is 5.75 Å². The molecular weight excluding hydrogens is 350 g/mol. The summed E-state index contributed by atoms with van der Waals surface area (Å²) >= 11 is 0. The predicted molar refractivity (Wildman–Crippen MR) is 112 cm³/mol. The lowest BCUT2D eigenvalue weighted by Gasteiger charge is -2.42. The Hall–Kier alpha value is -2.17. The van der Waals surface area contributed by atoms with Crippen molar-refractivity contribution in [1.29, 1.82) is 0 Å². The maximum absolute atomic E-state index is 10.8. The molecule has 0 amide bonds. The van der Waals surface area contributed by atoms with E-state index >= 15 is 0 Å². The molecule has 0 radical (unpaired) electrons. The van der Waals surface area contributed by atoms with E-state index in [9.17, 15) is 9.90 Å². The average Bonchev–Trinajstić information content (AvgIpc) is 2.73. The van der Waals surface area contributed by atoms with E-state index in [1.807, 2.05) is 18.2 Å². The Morgan fingerprint density at radius 1 is 1.11 bits per heavy atom. The van der Waals surface area contributed by atoms with Crippen molar-refractivity contribution >= 4 is 6.29 Å². The van der Waals surface area contributed by atoms with Crippen molar-refractivity contribution < 1.29 is 14.6 Å². The number of rotatable bonds is 9. The summed E-state index contributed by atoms with van der Waals surface area (Å²) in [5, 5.41) is 10.8. The van der Waals surface area contributed by atoms with Gasteiger partial charge in [-0.3, -0.25) is 0 Å². The maximum Gasteiger partial charge on any atom is 0.122 e. The Kier molecular flexibility index (Phi) is 7.24. The van der Waals surface area contributed by atoms with Crippen LogP contribution in [-0.2, 0) is 21.4 Å². The monoisotopic (exact) mass is 381 g/mol. The van der Waals surface area contributed by atoms with Crippen LogP contribution in [-0.4, -0.2) is 49.6 Å². The number of benzene rings is 2. The Bertz CT molecular complexity index is 752. The van der Waals surface area contributed by atoms with Crippen molar-refractivity contribution in [2.75, 3.05) is 33.4 Å². The summed E-state index contributed by atoms with van der Waals surface area (Å²) in [5.41, 5.74) is 3.41. The fourth-order valence-electron chi connectivity index (χ4n) is 4.20. The number of phenols is 1. The minimum absolute atomic E-state index is 0.145. The SMILES string of the molecule is CN1CCC(c2ccccc2)(c2cc(CCCOCCC=O)ccc2O)CC1. The predicted octanol–water partition coefficient (Wildman–Crippen LogP) is 3.94. The molecule has 0 saturated carbocycles. The lowest BCUT2D eigenvalue weighted by Crippen LogP contribution is -2.41. The number of aryl methyl sites for hydroxylation is 1. The van der Waals surface area contributed by atoms with Gasteiger partial charge in [-0.2, -0.15) is 0 Å². The number of phenolic OH excluding ortho intramolecular Hbond substituents is 1. The number of nitrogens with zero attached hydrogens (tertiary/aromatic N) is 1. The summed E-state index contributed by atoms with van der Waals surface area (Å²) in [5.74, 6) is 0.388. The second kappa shape index (κ2) is 9.85. The van der Waals surface area contributed by atoms with Gasteiger partial charge in [0, 0.05) is 24.0 Å². The molecule has 4 nitrogen and oxygen atoms in total. The van der Waals surface area contributed by atoms with Crippen LogP contribution in [0.25, 0.3) is 0 Å². The van der Waals surface area contributed by atoms with Crippen molar-refractivity contribution in [1.82, 2.24) is 4.90 Å². The first-order valence-electron chi connectivity index (χ1n) is 10.2. The van der Waals surface area contributed by atoms with Crippen LogP contribution in [0.15, 0.2) is 48.5 Å². The van der Waals surface area contributed by atoms with Gasteiger partial charge < -0.3 is 19.5 Å². The molecule has 4 heteroatoms. The minimum Gasteiger partial charge on any atom is -0.508 e. The van der Waals surface area contributed by atoms with Crippen LogP contribution in [0.5, 0.6) is 5.75 Å². The van der Waals surface area contributed by atoms with Gasteiger partial charge in [-0.1, -0.05) is 42.5 Å². The summed E-state index contributed by atoms with van der Waals surface area (Å²) in [4.78, 5) is 12.7. The molecule has 1 heterocycles. The lowest BCUT2D eigenvalue weighted by atomic mass is 9.67. The number of likely N-dealkylation sites (tertiary alicyclic amines) is 1. The Balaban J connectivity index is 1.81. The number of aldehydes is 1. The van der Waals surface area contributed by atoms with E-state index in [0.717, 1.165) is 50.6 Å². The molecule has 1 aliphatic rings. The third-order valence-electron chi connectivity index (χ3n) is 5.88. The maximum atomic E-state index is 10.8. The number of ether oxygens (including phenoxy) is 1. The third kappa shape index (κ3) is 4.81. The molecule has 0 aromatic heterocycles. The summed E-state index contributed by atoms with van der Waals surface area (Å²) in [6.45, 7) is 3.18. The number of carbonyl (C=O) groups is 1. The molecule has 3 rings (SSSR count). The highest BCUT2D eigenvalue weighted by Gasteiger charge is 2.39. The molecule has 1 saturated heterocycles. The van der Waals surface area contributed by atoms with Gasteiger partial charge in [0.15, 0.2) is 0 Å². The molecule has 0 aliphatic carbocycles. The summed E-state index contributed by atoms with van der Waals surface area (Å²) in [6.07, 6.45) is 5.15. The zero-order valence-electron chi connectivity index (χ0n) is 16.8. The number of hydrogen-bond donors (Lipinski definition) is 1. The first kappa shape index (κ1) is 20.6. The fourth-order valence-corrected chi connectivity index (χ4v) is 4.20. The molecule has 150 valence electrons. The first-order valence-corrected chi connectivity index (χ1v) is 10.2. The fraction of sp³-hybridized carbons (Fsp3) is 0.458. The largest absolute Gasteiger partial charge is 0.508 e. The van der Waals surface area contributed by atoms with Gasteiger partial charge in [0.05, 0.1) is 6.61 Å². The zero-order valence-corrected chi connectivity index (χ0v) is 16.8. The standard InChI is InChI=1S/C24H31NO3/c1-25-14-12-24(13-15-25,21-8-3-2-4-9-21)22-19-20(10-11-23(22)27)7-5-17-28-18-6-16-26/h2-4,8-11,16,19,27H,5-7,12-15,17-18H2,1H3. The van der Waals surface area contributed by atoms with Crippen LogP contribution < -0.4 is 0 Å². The Labute approximate surface area is 168 Å². The van der Waals surface area contributed by atoms with Crippen LogP contribution in [0, 0.1) is 0 Å². The van der Waals surface area contributed by atoms with Crippen molar-refractivity contribution in [3.63, 3.8) is 0 Å². The van der Waals surface area contributed by atoms with Crippen molar-refractivity contribution in [2.24, 2.45) is 0 Å². The topological polar surface area (TPSA) is 49.8 Å². The Morgan fingerprint density at radius 2 is 1.86 bits per heavy atom. The van der Waals surface area contributed by atoms with Crippen LogP contribution in [0.2, 0.25) is 0 Å². The van der Waals surface area contributed by atoms with Crippen LogP contribution in [0.1, 0.15) is 42.4 Å².